The molecule has 0 fully saturated rings. The van der Waals surface area contributed by atoms with Gasteiger partial charge in [0, 0.05) is 17.5 Å². The zero-order valence-electron chi connectivity index (χ0n) is 22.4. The monoisotopic (exact) mass is 444 g/mol. The first-order valence-corrected chi connectivity index (χ1v) is 14.8. The van der Waals surface area contributed by atoms with Crippen molar-refractivity contribution in [1.82, 2.24) is 0 Å². The summed E-state index contributed by atoms with van der Waals surface area (Å²) >= 11 is 0. The molecule has 1 aromatic heterocycles. The summed E-state index contributed by atoms with van der Waals surface area (Å²) in [5.41, 5.74) is 3.16. The minimum Gasteiger partial charge on any atom is -0.205 e. The predicted molar refractivity (Wildman–Crippen MR) is 143 cm³/mol. The van der Waals surface area contributed by atoms with Gasteiger partial charge in [-0.25, -0.2) is 4.57 Å². The molecule has 1 nitrogen and oxygen atoms in total. The molecule has 0 N–H and O–H groups in total. The van der Waals surface area contributed by atoms with Crippen LogP contribution in [0.3, 0.4) is 0 Å². The lowest BCUT2D eigenvalue weighted by Gasteiger charge is -2.07. The second kappa shape index (κ2) is 22.0. The van der Waals surface area contributed by atoms with Crippen LogP contribution in [0.15, 0.2) is 18.5 Å². The van der Waals surface area contributed by atoms with Gasteiger partial charge < -0.3 is 0 Å². The van der Waals surface area contributed by atoms with Crippen molar-refractivity contribution in [3.8, 4) is 0 Å². The van der Waals surface area contributed by atoms with Crippen LogP contribution in [-0.4, -0.2) is 0 Å². The van der Waals surface area contributed by atoms with E-state index in [4.69, 9.17) is 0 Å². The van der Waals surface area contributed by atoms with E-state index in [0.717, 1.165) is 0 Å². The number of unbranched alkanes of at least 4 members (excludes halogenated alkanes) is 17. The SMILES string of the molecule is CCCCCCCCCCCc1cc(CCCCCCCCCCC)c[n+](CCCC)c1. The van der Waals surface area contributed by atoms with E-state index >= 15 is 0 Å². The molecule has 186 valence electrons. The quantitative estimate of drug-likeness (QED) is 0.117. The Balaban J connectivity index is 2.29. The third kappa shape index (κ3) is 16.7. The van der Waals surface area contributed by atoms with Gasteiger partial charge in [0.05, 0.1) is 0 Å². The van der Waals surface area contributed by atoms with Crippen molar-refractivity contribution in [2.45, 2.75) is 169 Å². The van der Waals surface area contributed by atoms with Crippen LogP contribution in [0.2, 0.25) is 0 Å². The summed E-state index contributed by atoms with van der Waals surface area (Å²) in [5, 5.41) is 0. The Morgan fingerprint density at radius 3 is 1.16 bits per heavy atom. The van der Waals surface area contributed by atoms with E-state index in [-0.39, 0.29) is 0 Å². The van der Waals surface area contributed by atoms with Crippen molar-refractivity contribution >= 4 is 0 Å². The molecule has 0 saturated carbocycles. The van der Waals surface area contributed by atoms with E-state index in [1.807, 2.05) is 0 Å². The smallest absolute Gasteiger partial charge is 0.171 e. The fourth-order valence-corrected chi connectivity index (χ4v) is 4.80. The highest BCUT2D eigenvalue weighted by atomic mass is 14.9. The first-order valence-electron chi connectivity index (χ1n) is 14.8. The summed E-state index contributed by atoms with van der Waals surface area (Å²) in [4.78, 5) is 0. The molecular weight excluding hydrogens is 386 g/mol. The van der Waals surface area contributed by atoms with Crippen molar-refractivity contribution in [3.05, 3.63) is 29.6 Å². The average molecular weight is 445 g/mol. The van der Waals surface area contributed by atoms with Gasteiger partial charge in [-0.3, -0.25) is 0 Å². The zero-order valence-corrected chi connectivity index (χ0v) is 22.4. The van der Waals surface area contributed by atoms with Gasteiger partial charge in [0.1, 0.15) is 6.54 Å². The van der Waals surface area contributed by atoms with Gasteiger partial charge in [0.25, 0.3) is 0 Å². The van der Waals surface area contributed by atoms with E-state index in [1.54, 1.807) is 11.1 Å². The van der Waals surface area contributed by atoms with Crippen LogP contribution in [0, 0.1) is 0 Å². The molecule has 1 rings (SSSR count). The molecule has 0 atom stereocenters. The van der Waals surface area contributed by atoms with Gasteiger partial charge in [0.15, 0.2) is 12.4 Å². The molecule has 0 aliphatic heterocycles. The largest absolute Gasteiger partial charge is 0.205 e. The molecular formula is C31H58N+. The molecule has 0 bridgehead atoms. The van der Waals surface area contributed by atoms with E-state index in [1.165, 1.54) is 148 Å². The minimum absolute atomic E-state index is 1.19. The Bertz CT molecular complexity index is 481. The maximum Gasteiger partial charge on any atom is 0.171 e. The van der Waals surface area contributed by atoms with Gasteiger partial charge in [-0.15, -0.1) is 0 Å². The Kier molecular flexibility index (Phi) is 20.0. The van der Waals surface area contributed by atoms with Crippen LogP contribution in [0.25, 0.3) is 0 Å². The third-order valence-electron chi connectivity index (χ3n) is 6.94. The van der Waals surface area contributed by atoms with Crippen LogP contribution in [0.1, 0.15) is 160 Å². The second-order valence-electron chi connectivity index (χ2n) is 10.3. The van der Waals surface area contributed by atoms with Crippen LogP contribution < -0.4 is 4.57 Å². The Labute approximate surface area is 202 Å². The number of nitrogens with zero attached hydrogens (tertiary/aromatic N) is 1. The normalized spacial score (nSPS) is 11.3. The average Bonchev–Trinajstić information content (AvgIpc) is 2.80. The summed E-state index contributed by atoms with van der Waals surface area (Å²) in [6.07, 6.45) is 35.6. The van der Waals surface area contributed by atoms with Crippen molar-refractivity contribution in [2.24, 2.45) is 0 Å². The molecule has 0 amide bonds. The number of hydrogen-bond acceptors (Lipinski definition) is 0. The lowest BCUT2D eigenvalue weighted by Crippen LogP contribution is -2.34. The fraction of sp³-hybridized carbons (Fsp3) is 0.839. The van der Waals surface area contributed by atoms with E-state index in [0.29, 0.717) is 0 Å². The number of aromatic nitrogens is 1. The van der Waals surface area contributed by atoms with Crippen LogP contribution in [0.5, 0.6) is 0 Å². The molecule has 0 radical (unpaired) electrons. The van der Waals surface area contributed by atoms with Gasteiger partial charge in [0.2, 0.25) is 0 Å². The molecule has 1 heteroatoms. The minimum atomic E-state index is 1.19. The fourth-order valence-electron chi connectivity index (χ4n) is 4.80. The number of hydrogen-bond donors (Lipinski definition) is 0. The zero-order chi connectivity index (χ0) is 23.1. The third-order valence-corrected chi connectivity index (χ3v) is 6.94. The van der Waals surface area contributed by atoms with Gasteiger partial charge in [-0.2, -0.15) is 0 Å². The maximum atomic E-state index is 2.53. The molecule has 0 unspecified atom stereocenters. The standard InChI is InChI=1S/C31H58N/c1-4-7-10-12-14-16-18-20-22-24-30-27-31(29-32(28-30)26-9-6-3)25-23-21-19-17-15-13-11-8-5-2/h27-29H,4-26H2,1-3H3/q+1. The maximum absolute atomic E-state index is 2.53. The van der Waals surface area contributed by atoms with Gasteiger partial charge in [-0.05, 0) is 31.7 Å². The van der Waals surface area contributed by atoms with Crippen LogP contribution in [0.4, 0.5) is 0 Å². The molecule has 32 heavy (non-hydrogen) atoms. The van der Waals surface area contributed by atoms with Gasteiger partial charge >= 0.3 is 0 Å². The second-order valence-corrected chi connectivity index (χ2v) is 10.3. The highest BCUT2D eigenvalue weighted by molar-refractivity contribution is 5.15. The van der Waals surface area contributed by atoms with Crippen molar-refractivity contribution in [2.75, 3.05) is 0 Å². The summed E-state index contributed by atoms with van der Waals surface area (Å²) in [7, 11) is 0. The molecule has 0 aliphatic rings. The lowest BCUT2D eigenvalue weighted by molar-refractivity contribution is -0.698. The van der Waals surface area contributed by atoms with Crippen molar-refractivity contribution in [3.63, 3.8) is 0 Å². The molecule has 0 spiro atoms. The van der Waals surface area contributed by atoms with Crippen molar-refractivity contribution in [1.29, 1.82) is 0 Å². The summed E-state index contributed by atoms with van der Waals surface area (Å²) in [5.74, 6) is 0. The molecule has 0 saturated heterocycles. The Morgan fingerprint density at radius 2 is 0.781 bits per heavy atom. The van der Waals surface area contributed by atoms with E-state index in [2.05, 4.69) is 43.8 Å². The van der Waals surface area contributed by atoms with Crippen LogP contribution in [-0.2, 0) is 19.4 Å². The first-order chi connectivity index (χ1) is 15.8. The summed E-state index contributed by atoms with van der Waals surface area (Å²) in [6, 6.07) is 2.53. The molecule has 0 aliphatic carbocycles. The molecule has 1 heterocycles. The lowest BCUT2D eigenvalue weighted by atomic mass is 10.0. The molecule has 1 aromatic rings. The Hall–Kier alpha value is -0.850. The highest BCUT2D eigenvalue weighted by Crippen LogP contribution is 2.15. The summed E-state index contributed by atoms with van der Waals surface area (Å²) < 4.78 is 2.50. The van der Waals surface area contributed by atoms with Crippen molar-refractivity contribution < 1.29 is 4.57 Å². The predicted octanol–water partition coefficient (Wildman–Crippen LogP) is 9.92. The van der Waals surface area contributed by atoms with E-state index in [9.17, 15) is 0 Å². The Morgan fingerprint density at radius 1 is 0.438 bits per heavy atom. The first kappa shape index (κ1) is 29.2. The molecule has 0 aromatic carbocycles. The van der Waals surface area contributed by atoms with Gasteiger partial charge in [-0.1, -0.05) is 130 Å². The number of pyridine rings is 1. The topological polar surface area (TPSA) is 3.88 Å². The number of aryl methyl sites for hydroxylation is 3. The number of rotatable bonds is 23. The van der Waals surface area contributed by atoms with Crippen LogP contribution >= 0.6 is 0 Å². The summed E-state index contributed by atoms with van der Waals surface area (Å²) in [6.45, 7) is 8.09. The van der Waals surface area contributed by atoms with E-state index < -0.39 is 0 Å². The highest BCUT2D eigenvalue weighted by Gasteiger charge is 2.08.